The monoisotopic (exact) mass is 365 g/mol. The molecule has 0 saturated heterocycles. The van der Waals surface area contributed by atoms with Crippen molar-refractivity contribution in [2.24, 2.45) is 0 Å². The Labute approximate surface area is 156 Å². The average molecular weight is 365 g/mol. The summed E-state index contributed by atoms with van der Waals surface area (Å²) in [5, 5.41) is 0.439. The molecule has 5 nitrogen and oxygen atoms in total. The van der Waals surface area contributed by atoms with Crippen LogP contribution in [0.15, 0.2) is 76.7 Å². The van der Waals surface area contributed by atoms with E-state index in [0.717, 1.165) is 11.3 Å². The molecule has 0 atom stereocenters. The number of aromatic nitrogens is 2. The third-order valence-corrected chi connectivity index (χ3v) is 4.67. The number of rotatable bonds is 6. The molecule has 1 amide bonds. The summed E-state index contributed by atoms with van der Waals surface area (Å²) < 4.78 is 0. The average Bonchev–Trinajstić information content (AvgIpc) is 2.68. The summed E-state index contributed by atoms with van der Waals surface area (Å²) in [7, 11) is 0. The Hall–Kier alpha value is -2.86. The molecule has 0 radical (unpaired) electrons. The first kappa shape index (κ1) is 17.9. The number of carbonyl (C=O) groups is 1. The van der Waals surface area contributed by atoms with Gasteiger partial charge in [0, 0.05) is 23.9 Å². The van der Waals surface area contributed by atoms with Crippen molar-refractivity contribution in [3.63, 3.8) is 0 Å². The SMILES string of the molecule is CCN(C(=O)CSc1nc(-c2ccccc2)cc(=O)[nH]1)c1ccccc1. The maximum absolute atomic E-state index is 12.6. The molecule has 132 valence electrons. The van der Waals surface area contributed by atoms with Crippen molar-refractivity contribution in [1.29, 1.82) is 0 Å². The van der Waals surface area contributed by atoms with E-state index < -0.39 is 0 Å². The smallest absolute Gasteiger partial charge is 0.252 e. The molecule has 3 rings (SSSR count). The molecular weight excluding hydrogens is 346 g/mol. The maximum Gasteiger partial charge on any atom is 0.252 e. The predicted octanol–water partition coefficient (Wildman–Crippen LogP) is 3.58. The fourth-order valence-corrected chi connectivity index (χ4v) is 3.33. The Morgan fingerprint density at radius 1 is 1.08 bits per heavy atom. The molecule has 2 aromatic carbocycles. The van der Waals surface area contributed by atoms with Crippen LogP contribution in [-0.2, 0) is 4.79 Å². The lowest BCUT2D eigenvalue weighted by atomic mass is 10.1. The third kappa shape index (κ3) is 4.40. The Morgan fingerprint density at radius 2 is 1.73 bits per heavy atom. The lowest BCUT2D eigenvalue weighted by molar-refractivity contribution is -0.116. The molecule has 6 heteroatoms. The van der Waals surface area contributed by atoms with Crippen LogP contribution in [0.5, 0.6) is 0 Å². The van der Waals surface area contributed by atoms with Crippen LogP contribution in [0.2, 0.25) is 0 Å². The van der Waals surface area contributed by atoms with Crippen LogP contribution >= 0.6 is 11.8 Å². The van der Waals surface area contributed by atoms with Gasteiger partial charge in [-0.05, 0) is 19.1 Å². The molecule has 1 heterocycles. The van der Waals surface area contributed by atoms with E-state index in [9.17, 15) is 9.59 Å². The van der Waals surface area contributed by atoms with Crippen LogP contribution in [0.3, 0.4) is 0 Å². The Balaban J connectivity index is 1.74. The number of benzene rings is 2. The number of para-hydroxylation sites is 1. The molecule has 0 bridgehead atoms. The van der Waals surface area contributed by atoms with Gasteiger partial charge in [-0.1, -0.05) is 60.3 Å². The molecule has 1 N–H and O–H groups in total. The van der Waals surface area contributed by atoms with Gasteiger partial charge in [-0.3, -0.25) is 9.59 Å². The predicted molar refractivity (Wildman–Crippen MR) is 105 cm³/mol. The van der Waals surface area contributed by atoms with Crippen molar-refractivity contribution in [2.75, 3.05) is 17.2 Å². The van der Waals surface area contributed by atoms with E-state index >= 15 is 0 Å². The van der Waals surface area contributed by atoms with Crippen LogP contribution in [0.1, 0.15) is 6.92 Å². The van der Waals surface area contributed by atoms with Gasteiger partial charge < -0.3 is 9.88 Å². The molecule has 0 aliphatic carbocycles. The quantitative estimate of drug-likeness (QED) is 0.536. The van der Waals surface area contributed by atoms with Crippen LogP contribution in [-0.4, -0.2) is 28.2 Å². The molecule has 0 saturated carbocycles. The van der Waals surface area contributed by atoms with Crippen LogP contribution < -0.4 is 10.5 Å². The summed E-state index contributed by atoms with van der Waals surface area (Å²) in [6.07, 6.45) is 0. The number of nitrogens with one attached hydrogen (secondary N) is 1. The second-order valence-electron chi connectivity index (χ2n) is 5.56. The minimum atomic E-state index is -0.232. The molecule has 0 aliphatic heterocycles. The van der Waals surface area contributed by atoms with Crippen LogP contribution in [0.4, 0.5) is 5.69 Å². The van der Waals surface area contributed by atoms with Gasteiger partial charge in [0.1, 0.15) is 0 Å². The fraction of sp³-hybridized carbons (Fsp3) is 0.150. The Bertz CT molecular complexity index is 927. The van der Waals surface area contributed by atoms with Gasteiger partial charge in [-0.15, -0.1) is 0 Å². The van der Waals surface area contributed by atoms with Crippen molar-refractivity contribution in [3.8, 4) is 11.3 Å². The number of aromatic amines is 1. The molecular formula is C20H19N3O2S. The van der Waals surface area contributed by atoms with Gasteiger partial charge in [0.05, 0.1) is 11.4 Å². The lowest BCUT2D eigenvalue weighted by Crippen LogP contribution is -2.32. The molecule has 0 unspecified atom stereocenters. The second kappa shape index (κ2) is 8.49. The van der Waals surface area contributed by atoms with E-state index in [-0.39, 0.29) is 17.2 Å². The van der Waals surface area contributed by atoms with Crippen molar-refractivity contribution in [1.82, 2.24) is 9.97 Å². The van der Waals surface area contributed by atoms with E-state index in [1.54, 1.807) is 4.90 Å². The molecule has 1 aromatic heterocycles. The summed E-state index contributed by atoms with van der Waals surface area (Å²) in [5.74, 6) is 0.167. The number of nitrogens with zero attached hydrogens (tertiary/aromatic N) is 2. The summed E-state index contributed by atoms with van der Waals surface area (Å²) >= 11 is 1.23. The van der Waals surface area contributed by atoms with Crippen molar-refractivity contribution >= 4 is 23.4 Å². The first-order valence-electron chi connectivity index (χ1n) is 8.32. The number of amides is 1. The topological polar surface area (TPSA) is 66.1 Å². The summed E-state index contributed by atoms with van der Waals surface area (Å²) in [6, 6.07) is 20.5. The number of H-pyrrole nitrogens is 1. The van der Waals surface area contributed by atoms with Crippen molar-refractivity contribution in [3.05, 3.63) is 77.1 Å². The van der Waals surface area contributed by atoms with Gasteiger partial charge in [-0.2, -0.15) is 0 Å². The van der Waals surface area contributed by atoms with Gasteiger partial charge >= 0.3 is 0 Å². The standard InChI is InChI=1S/C20H19N3O2S/c1-2-23(16-11-7-4-8-12-16)19(25)14-26-20-21-17(13-18(24)22-20)15-9-5-3-6-10-15/h3-13H,2,14H2,1H3,(H,21,22,24). The van der Waals surface area contributed by atoms with Gasteiger partial charge in [0.25, 0.3) is 5.56 Å². The van der Waals surface area contributed by atoms with E-state index in [1.807, 2.05) is 67.6 Å². The highest BCUT2D eigenvalue weighted by atomic mass is 32.2. The number of hydrogen-bond acceptors (Lipinski definition) is 4. The number of carbonyl (C=O) groups excluding carboxylic acids is 1. The summed E-state index contributed by atoms with van der Waals surface area (Å²) in [6.45, 7) is 2.52. The summed E-state index contributed by atoms with van der Waals surface area (Å²) in [5.41, 5.74) is 2.09. The molecule has 26 heavy (non-hydrogen) atoms. The second-order valence-corrected chi connectivity index (χ2v) is 6.53. The van der Waals surface area contributed by atoms with Gasteiger partial charge in [0.15, 0.2) is 5.16 Å². The minimum absolute atomic E-state index is 0.0311. The summed E-state index contributed by atoms with van der Waals surface area (Å²) in [4.78, 5) is 33.4. The highest BCUT2D eigenvalue weighted by Gasteiger charge is 2.15. The van der Waals surface area contributed by atoms with Crippen molar-refractivity contribution in [2.45, 2.75) is 12.1 Å². The fourth-order valence-electron chi connectivity index (χ4n) is 2.58. The first-order chi connectivity index (χ1) is 12.7. The zero-order chi connectivity index (χ0) is 18.4. The first-order valence-corrected chi connectivity index (χ1v) is 9.31. The van der Waals surface area contributed by atoms with Crippen LogP contribution in [0.25, 0.3) is 11.3 Å². The minimum Gasteiger partial charge on any atom is -0.312 e. The van der Waals surface area contributed by atoms with Gasteiger partial charge in [-0.25, -0.2) is 4.98 Å². The van der Waals surface area contributed by atoms with Crippen LogP contribution in [0, 0.1) is 0 Å². The number of thioether (sulfide) groups is 1. The molecule has 3 aromatic rings. The highest BCUT2D eigenvalue weighted by Crippen LogP contribution is 2.20. The van der Waals surface area contributed by atoms with Gasteiger partial charge in [0.2, 0.25) is 5.91 Å². The van der Waals surface area contributed by atoms with E-state index in [1.165, 1.54) is 17.8 Å². The van der Waals surface area contributed by atoms with E-state index in [0.29, 0.717) is 17.4 Å². The molecule has 0 fully saturated rings. The zero-order valence-electron chi connectivity index (χ0n) is 14.4. The van der Waals surface area contributed by atoms with Crippen molar-refractivity contribution < 1.29 is 4.79 Å². The zero-order valence-corrected chi connectivity index (χ0v) is 15.2. The molecule has 0 spiro atoms. The maximum atomic E-state index is 12.6. The normalized spacial score (nSPS) is 10.5. The van der Waals surface area contributed by atoms with E-state index in [4.69, 9.17) is 0 Å². The lowest BCUT2D eigenvalue weighted by Gasteiger charge is -2.20. The highest BCUT2D eigenvalue weighted by molar-refractivity contribution is 7.99. The number of hydrogen-bond donors (Lipinski definition) is 1. The Kier molecular flexibility index (Phi) is 5.86. The third-order valence-electron chi connectivity index (χ3n) is 3.81. The van der Waals surface area contributed by atoms with E-state index in [2.05, 4.69) is 9.97 Å². The number of anilines is 1. The largest absolute Gasteiger partial charge is 0.312 e. The Morgan fingerprint density at radius 3 is 2.38 bits per heavy atom. The molecule has 0 aliphatic rings.